The lowest BCUT2D eigenvalue weighted by molar-refractivity contribution is -0.148. The number of hydrogen-bond donors (Lipinski definition) is 2. The molecule has 1 aliphatic heterocycles. The predicted octanol–water partition coefficient (Wildman–Crippen LogP) is 1.84. The van der Waals surface area contributed by atoms with Gasteiger partial charge in [0, 0.05) is 31.0 Å². The Bertz CT molecular complexity index is 583. The van der Waals surface area contributed by atoms with Gasteiger partial charge in [0.2, 0.25) is 17.7 Å². The summed E-state index contributed by atoms with van der Waals surface area (Å²) in [5.74, 6) is 2.30. The van der Waals surface area contributed by atoms with E-state index in [1.165, 1.54) is 19.3 Å². The SMILES string of the molecule is CCC(=O)NC1CCCN(C(=O)CNC(=O)C23CC4CC(CC(C4)C2)C3)C1. The molecule has 5 fully saturated rings. The molecule has 1 saturated heterocycles. The van der Waals surface area contributed by atoms with Crippen molar-refractivity contribution < 1.29 is 14.4 Å². The molecule has 3 amide bonds. The van der Waals surface area contributed by atoms with Crippen molar-refractivity contribution in [2.45, 2.75) is 70.8 Å². The first-order valence-electron chi connectivity index (χ1n) is 10.8. The molecule has 0 radical (unpaired) electrons. The summed E-state index contributed by atoms with van der Waals surface area (Å²) in [6.45, 7) is 3.19. The summed E-state index contributed by atoms with van der Waals surface area (Å²) in [5.41, 5.74) is -0.200. The molecule has 0 aromatic rings. The maximum atomic E-state index is 13.0. The van der Waals surface area contributed by atoms with Crippen molar-refractivity contribution in [1.29, 1.82) is 0 Å². The maximum absolute atomic E-state index is 13.0. The molecule has 1 unspecified atom stereocenters. The first kappa shape index (κ1) is 18.8. The number of likely N-dealkylation sites (tertiary alicyclic amines) is 1. The Labute approximate surface area is 161 Å². The van der Waals surface area contributed by atoms with Crippen LogP contribution in [0.4, 0.5) is 0 Å². The van der Waals surface area contributed by atoms with Gasteiger partial charge in [0.05, 0.1) is 6.54 Å². The lowest BCUT2D eigenvalue weighted by Gasteiger charge is -2.55. The molecule has 4 saturated carbocycles. The number of hydrogen-bond acceptors (Lipinski definition) is 3. The van der Waals surface area contributed by atoms with Gasteiger partial charge in [0.25, 0.3) is 0 Å². The van der Waals surface area contributed by atoms with E-state index in [0.29, 0.717) is 19.5 Å². The Kier molecular flexibility index (Phi) is 5.17. The van der Waals surface area contributed by atoms with Gasteiger partial charge in [-0.3, -0.25) is 14.4 Å². The third kappa shape index (κ3) is 3.85. The van der Waals surface area contributed by atoms with Crippen LogP contribution in [0.1, 0.15) is 64.7 Å². The van der Waals surface area contributed by atoms with Crippen molar-refractivity contribution in [3.05, 3.63) is 0 Å². The lowest BCUT2D eigenvalue weighted by Crippen LogP contribution is -2.56. The summed E-state index contributed by atoms with van der Waals surface area (Å²) in [6.07, 6.45) is 9.26. The molecule has 150 valence electrons. The molecule has 4 bridgehead atoms. The summed E-state index contributed by atoms with van der Waals surface area (Å²) in [5, 5.41) is 5.97. The topological polar surface area (TPSA) is 78.5 Å². The van der Waals surface area contributed by atoms with Crippen molar-refractivity contribution in [2.24, 2.45) is 23.2 Å². The fraction of sp³-hybridized carbons (Fsp3) is 0.857. The minimum atomic E-state index is -0.200. The highest BCUT2D eigenvalue weighted by Crippen LogP contribution is 2.60. The number of nitrogens with zero attached hydrogens (tertiary/aromatic N) is 1. The number of amides is 3. The second-order valence-corrected chi connectivity index (χ2v) is 9.48. The molecule has 0 aromatic heterocycles. The monoisotopic (exact) mass is 375 g/mol. The molecule has 4 aliphatic carbocycles. The van der Waals surface area contributed by atoms with Gasteiger partial charge in [-0.05, 0) is 69.1 Å². The Balaban J connectivity index is 1.29. The summed E-state index contributed by atoms with van der Waals surface area (Å²) in [7, 11) is 0. The summed E-state index contributed by atoms with van der Waals surface area (Å²) in [6, 6.07) is 0.0361. The van der Waals surface area contributed by atoms with Crippen LogP contribution in [0.5, 0.6) is 0 Å². The van der Waals surface area contributed by atoms with Gasteiger partial charge in [-0.25, -0.2) is 0 Å². The third-order valence-corrected chi connectivity index (χ3v) is 7.38. The molecule has 6 nitrogen and oxygen atoms in total. The average Bonchev–Trinajstić information content (AvgIpc) is 2.64. The minimum absolute atomic E-state index is 0.0245. The quantitative estimate of drug-likeness (QED) is 0.770. The fourth-order valence-corrected chi connectivity index (χ4v) is 6.50. The second-order valence-electron chi connectivity index (χ2n) is 9.48. The summed E-state index contributed by atoms with van der Waals surface area (Å²) >= 11 is 0. The van der Waals surface area contributed by atoms with E-state index in [1.54, 1.807) is 4.90 Å². The van der Waals surface area contributed by atoms with Crippen LogP contribution in [0.25, 0.3) is 0 Å². The number of nitrogens with one attached hydrogen (secondary N) is 2. The van der Waals surface area contributed by atoms with Gasteiger partial charge in [-0.2, -0.15) is 0 Å². The van der Waals surface area contributed by atoms with Crippen LogP contribution >= 0.6 is 0 Å². The predicted molar refractivity (Wildman–Crippen MR) is 102 cm³/mol. The van der Waals surface area contributed by atoms with Crippen LogP contribution in [0.3, 0.4) is 0 Å². The molecule has 1 atom stereocenters. The van der Waals surface area contributed by atoms with Crippen LogP contribution in [-0.2, 0) is 14.4 Å². The highest BCUT2D eigenvalue weighted by atomic mass is 16.2. The molecule has 5 rings (SSSR count). The normalized spacial score (nSPS) is 37.1. The molecule has 27 heavy (non-hydrogen) atoms. The molecule has 0 spiro atoms. The molecular formula is C21H33N3O3. The smallest absolute Gasteiger partial charge is 0.242 e. The van der Waals surface area contributed by atoms with E-state index < -0.39 is 0 Å². The molecular weight excluding hydrogens is 342 g/mol. The number of carbonyl (C=O) groups is 3. The Morgan fingerprint density at radius 1 is 1.04 bits per heavy atom. The molecule has 6 heteroatoms. The van der Waals surface area contributed by atoms with Crippen molar-refractivity contribution in [2.75, 3.05) is 19.6 Å². The van der Waals surface area contributed by atoms with Crippen LogP contribution in [0.2, 0.25) is 0 Å². The Morgan fingerprint density at radius 3 is 2.26 bits per heavy atom. The standard InChI is InChI=1S/C21H33N3O3/c1-2-18(25)23-17-4-3-5-24(13-17)19(26)12-22-20(27)21-9-14-6-15(10-21)8-16(7-14)11-21/h14-17H,2-13H2,1H3,(H,22,27)(H,23,25). The summed E-state index contributed by atoms with van der Waals surface area (Å²) < 4.78 is 0. The first-order chi connectivity index (χ1) is 13.0. The van der Waals surface area contributed by atoms with Crippen LogP contribution in [0.15, 0.2) is 0 Å². The largest absolute Gasteiger partial charge is 0.352 e. The minimum Gasteiger partial charge on any atom is -0.352 e. The maximum Gasteiger partial charge on any atom is 0.242 e. The van der Waals surface area contributed by atoms with Crippen molar-refractivity contribution in [1.82, 2.24) is 15.5 Å². The van der Waals surface area contributed by atoms with E-state index in [9.17, 15) is 14.4 Å². The average molecular weight is 376 g/mol. The summed E-state index contributed by atoms with van der Waals surface area (Å²) in [4.78, 5) is 39.0. The zero-order valence-electron chi connectivity index (χ0n) is 16.5. The van der Waals surface area contributed by atoms with Gasteiger partial charge >= 0.3 is 0 Å². The molecule has 5 aliphatic rings. The number of carbonyl (C=O) groups excluding carboxylic acids is 3. The van der Waals surface area contributed by atoms with Gasteiger partial charge in [-0.15, -0.1) is 0 Å². The van der Waals surface area contributed by atoms with E-state index in [-0.39, 0.29) is 35.7 Å². The Hall–Kier alpha value is -1.59. The molecule has 0 aromatic carbocycles. The van der Waals surface area contributed by atoms with E-state index >= 15 is 0 Å². The zero-order valence-corrected chi connectivity index (χ0v) is 16.5. The van der Waals surface area contributed by atoms with Gasteiger partial charge < -0.3 is 15.5 Å². The van der Waals surface area contributed by atoms with Crippen molar-refractivity contribution in [3.63, 3.8) is 0 Å². The van der Waals surface area contributed by atoms with E-state index in [1.807, 2.05) is 6.92 Å². The van der Waals surface area contributed by atoms with Gasteiger partial charge in [0.1, 0.15) is 0 Å². The zero-order chi connectivity index (χ0) is 19.0. The highest BCUT2D eigenvalue weighted by molar-refractivity contribution is 5.88. The highest BCUT2D eigenvalue weighted by Gasteiger charge is 2.54. The number of rotatable bonds is 5. The van der Waals surface area contributed by atoms with Gasteiger partial charge in [0.15, 0.2) is 0 Å². The van der Waals surface area contributed by atoms with Crippen molar-refractivity contribution in [3.8, 4) is 0 Å². The van der Waals surface area contributed by atoms with Crippen LogP contribution in [-0.4, -0.2) is 48.3 Å². The third-order valence-electron chi connectivity index (χ3n) is 7.38. The first-order valence-corrected chi connectivity index (χ1v) is 10.8. The molecule has 2 N–H and O–H groups in total. The second kappa shape index (κ2) is 7.44. The van der Waals surface area contributed by atoms with E-state index in [4.69, 9.17) is 0 Å². The van der Waals surface area contributed by atoms with Crippen molar-refractivity contribution >= 4 is 17.7 Å². The fourth-order valence-electron chi connectivity index (χ4n) is 6.50. The van der Waals surface area contributed by atoms with E-state index in [0.717, 1.165) is 49.9 Å². The van der Waals surface area contributed by atoms with Crippen LogP contribution in [0, 0.1) is 23.2 Å². The van der Waals surface area contributed by atoms with Gasteiger partial charge in [-0.1, -0.05) is 6.92 Å². The lowest BCUT2D eigenvalue weighted by atomic mass is 9.49. The molecule has 1 heterocycles. The Morgan fingerprint density at radius 2 is 1.67 bits per heavy atom. The van der Waals surface area contributed by atoms with Crippen LogP contribution < -0.4 is 10.6 Å². The van der Waals surface area contributed by atoms with E-state index in [2.05, 4.69) is 10.6 Å². The number of piperidine rings is 1.